The van der Waals surface area contributed by atoms with Crippen LogP contribution in [0.25, 0.3) is 0 Å². The largest absolute Gasteiger partial charge is 0.366 e. The Kier molecular flexibility index (Phi) is 5.33. The van der Waals surface area contributed by atoms with Crippen molar-refractivity contribution >= 4 is 11.8 Å². The van der Waals surface area contributed by atoms with E-state index < -0.39 is 0 Å². The van der Waals surface area contributed by atoms with Crippen LogP contribution in [0.15, 0.2) is 0 Å². The van der Waals surface area contributed by atoms with E-state index in [4.69, 9.17) is 4.74 Å². The van der Waals surface area contributed by atoms with Crippen LogP contribution in [0.1, 0.15) is 0 Å². The summed E-state index contributed by atoms with van der Waals surface area (Å²) in [5, 5.41) is 3.16. The normalized spacial score (nSPS) is 24.1. The van der Waals surface area contributed by atoms with Gasteiger partial charge in [-0.15, -0.1) is 0 Å². The summed E-state index contributed by atoms with van der Waals surface area (Å²) in [6, 6.07) is 0. The predicted molar refractivity (Wildman–Crippen MR) is 74.3 cm³/mol. The highest BCUT2D eigenvalue weighted by molar-refractivity contribution is 5.82. The average Bonchev–Trinajstić information content (AvgIpc) is 2.47. The van der Waals surface area contributed by atoms with Crippen molar-refractivity contribution in [1.29, 1.82) is 0 Å². The molecule has 7 heteroatoms. The van der Waals surface area contributed by atoms with Crippen molar-refractivity contribution in [2.45, 2.75) is 6.10 Å². The van der Waals surface area contributed by atoms with Gasteiger partial charge in [0, 0.05) is 39.3 Å². The number of hydrogen-bond donors (Lipinski definition) is 1. The molecular formula is C13H24N4O3. The molecule has 7 nitrogen and oxygen atoms in total. The molecule has 1 unspecified atom stereocenters. The third-order valence-corrected chi connectivity index (χ3v) is 3.60. The first-order valence-corrected chi connectivity index (χ1v) is 7.11. The minimum Gasteiger partial charge on any atom is -0.366 e. The van der Waals surface area contributed by atoms with Gasteiger partial charge in [0.1, 0.15) is 6.10 Å². The van der Waals surface area contributed by atoms with Gasteiger partial charge in [-0.05, 0) is 14.1 Å². The molecule has 20 heavy (non-hydrogen) atoms. The molecule has 0 aromatic rings. The average molecular weight is 284 g/mol. The minimum atomic E-state index is -0.368. The summed E-state index contributed by atoms with van der Waals surface area (Å²) in [4.78, 5) is 29.7. The van der Waals surface area contributed by atoms with Gasteiger partial charge in [0.05, 0.1) is 13.2 Å². The summed E-state index contributed by atoms with van der Waals surface area (Å²) in [6.07, 6.45) is -0.368. The molecule has 2 amide bonds. The maximum Gasteiger partial charge on any atom is 0.253 e. The fourth-order valence-corrected chi connectivity index (χ4v) is 2.47. The highest BCUT2D eigenvalue weighted by Crippen LogP contribution is 2.07. The number of carbonyl (C=O) groups excluding carboxylic acids is 2. The van der Waals surface area contributed by atoms with Gasteiger partial charge >= 0.3 is 0 Å². The number of nitrogens with zero attached hydrogens (tertiary/aromatic N) is 3. The molecule has 2 heterocycles. The number of rotatable bonds is 3. The van der Waals surface area contributed by atoms with Gasteiger partial charge in [0.2, 0.25) is 5.91 Å². The number of amides is 2. The van der Waals surface area contributed by atoms with Crippen LogP contribution >= 0.6 is 0 Å². The van der Waals surface area contributed by atoms with Crippen LogP contribution in [0.4, 0.5) is 0 Å². The van der Waals surface area contributed by atoms with Gasteiger partial charge in [-0.25, -0.2) is 0 Å². The van der Waals surface area contributed by atoms with E-state index in [1.54, 1.807) is 4.90 Å². The second kappa shape index (κ2) is 7.01. The minimum absolute atomic E-state index is 0.0388. The zero-order chi connectivity index (χ0) is 14.5. The standard InChI is InChI=1S/C13H24N4O3/c1-15(2)10-12(18)16-4-6-17(7-5-16)13(19)11-9-14-3-8-20-11/h11,14H,3-10H2,1-2H3. The van der Waals surface area contributed by atoms with Crippen LogP contribution in [-0.2, 0) is 14.3 Å². The van der Waals surface area contributed by atoms with E-state index in [9.17, 15) is 9.59 Å². The van der Waals surface area contributed by atoms with Gasteiger partial charge in [0.25, 0.3) is 5.91 Å². The third-order valence-electron chi connectivity index (χ3n) is 3.60. The molecule has 114 valence electrons. The smallest absolute Gasteiger partial charge is 0.253 e. The lowest BCUT2D eigenvalue weighted by molar-refractivity contribution is -0.149. The molecule has 2 aliphatic heterocycles. The lowest BCUT2D eigenvalue weighted by atomic mass is 10.2. The Hall–Kier alpha value is -1.18. The Morgan fingerprint density at radius 2 is 1.85 bits per heavy atom. The molecule has 2 fully saturated rings. The third kappa shape index (κ3) is 3.91. The maximum atomic E-state index is 12.3. The summed E-state index contributed by atoms with van der Waals surface area (Å²) in [5.74, 6) is 0.162. The molecule has 0 aliphatic carbocycles. The van der Waals surface area contributed by atoms with E-state index >= 15 is 0 Å². The number of ether oxygens (including phenoxy) is 1. The van der Waals surface area contributed by atoms with Gasteiger partial charge in [0.15, 0.2) is 0 Å². The summed E-state index contributed by atoms with van der Waals surface area (Å²) in [7, 11) is 3.76. The Morgan fingerprint density at radius 1 is 1.20 bits per heavy atom. The van der Waals surface area contributed by atoms with Gasteiger partial charge < -0.3 is 24.8 Å². The van der Waals surface area contributed by atoms with Crippen molar-refractivity contribution in [2.24, 2.45) is 0 Å². The first kappa shape index (κ1) is 15.2. The van der Waals surface area contributed by atoms with Crippen LogP contribution in [-0.4, -0.2) is 99.1 Å². The van der Waals surface area contributed by atoms with E-state index in [-0.39, 0.29) is 17.9 Å². The molecule has 2 rings (SSSR count). The predicted octanol–water partition coefficient (Wildman–Crippen LogP) is -1.79. The zero-order valence-corrected chi connectivity index (χ0v) is 12.3. The summed E-state index contributed by atoms with van der Waals surface area (Å²) in [6.45, 7) is 4.79. The lowest BCUT2D eigenvalue weighted by Gasteiger charge is -2.37. The van der Waals surface area contributed by atoms with Crippen LogP contribution in [0, 0.1) is 0 Å². The van der Waals surface area contributed by atoms with Crippen LogP contribution in [0.5, 0.6) is 0 Å². The number of hydrogen-bond acceptors (Lipinski definition) is 5. The van der Waals surface area contributed by atoms with E-state index in [1.807, 2.05) is 23.9 Å². The summed E-state index contributed by atoms with van der Waals surface area (Å²) >= 11 is 0. The molecule has 0 aromatic heterocycles. The topological polar surface area (TPSA) is 65.1 Å². The fraction of sp³-hybridized carbons (Fsp3) is 0.846. The molecule has 0 bridgehead atoms. The molecule has 2 saturated heterocycles. The quantitative estimate of drug-likeness (QED) is 0.663. The van der Waals surface area contributed by atoms with Crippen molar-refractivity contribution in [3.05, 3.63) is 0 Å². The van der Waals surface area contributed by atoms with Crippen LogP contribution in [0.3, 0.4) is 0 Å². The number of piperazine rings is 1. The number of likely N-dealkylation sites (N-methyl/N-ethyl adjacent to an activating group) is 1. The second-order valence-electron chi connectivity index (χ2n) is 5.51. The molecule has 0 saturated carbocycles. The Morgan fingerprint density at radius 3 is 2.40 bits per heavy atom. The SMILES string of the molecule is CN(C)CC(=O)N1CCN(C(=O)C2CNCCO2)CC1. The fourth-order valence-electron chi connectivity index (χ4n) is 2.47. The van der Waals surface area contributed by atoms with E-state index in [2.05, 4.69) is 5.32 Å². The van der Waals surface area contributed by atoms with Crippen molar-refractivity contribution in [3.63, 3.8) is 0 Å². The first-order chi connectivity index (χ1) is 9.58. The maximum absolute atomic E-state index is 12.3. The van der Waals surface area contributed by atoms with Crippen LogP contribution in [0.2, 0.25) is 0 Å². The molecule has 1 atom stereocenters. The Bertz CT molecular complexity index is 348. The zero-order valence-electron chi connectivity index (χ0n) is 12.3. The molecule has 2 aliphatic rings. The van der Waals surface area contributed by atoms with Crippen molar-refractivity contribution in [3.8, 4) is 0 Å². The van der Waals surface area contributed by atoms with Gasteiger partial charge in [-0.3, -0.25) is 9.59 Å². The number of morpholine rings is 1. The second-order valence-corrected chi connectivity index (χ2v) is 5.51. The summed E-state index contributed by atoms with van der Waals surface area (Å²) < 4.78 is 5.48. The molecule has 1 N–H and O–H groups in total. The Balaban J connectivity index is 1.78. The van der Waals surface area contributed by atoms with Crippen LogP contribution < -0.4 is 5.32 Å². The Labute approximate surface area is 119 Å². The first-order valence-electron chi connectivity index (χ1n) is 7.11. The monoisotopic (exact) mass is 284 g/mol. The van der Waals surface area contributed by atoms with E-state index in [0.717, 1.165) is 6.54 Å². The van der Waals surface area contributed by atoms with Gasteiger partial charge in [-0.1, -0.05) is 0 Å². The number of carbonyl (C=O) groups is 2. The highest BCUT2D eigenvalue weighted by atomic mass is 16.5. The number of nitrogens with one attached hydrogen (secondary N) is 1. The lowest BCUT2D eigenvalue weighted by Crippen LogP contribution is -2.56. The molecule has 0 aromatic carbocycles. The molecule has 0 radical (unpaired) electrons. The highest BCUT2D eigenvalue weighted by Gasteiger charge is 2.30. The van der Waals surface area contributed by atoms with Gasteiger partial charge in [-0.2, -0.15) is 0 Å². The van der Waals surface area contributed by atoms with E-state index in [0.29, 0.717) is 45.9 Å². The molecule has 0 spiro atoms. The molecular weight excluding hydrogens is 260 g/mol. The van der Waals surface area contributed by atoms with E-state index in [1.165, 1.54) is 0 Å². The van der Waals surface area contributed by atoms with Crippen molar-refractivity contribution < 1.29 is 14.3 Å². The summed E-state index contributed by atoms with van der Waals surface area (Å²) in [5.41, 5.74) is 0. The van der Waals surface area contributed by atoms with Crippen molar-refractivity contribution in [2.75, 3.05) is 66.5 Å². The van der Waals surface area contributed by atoms with Crippen molar-refractivity contribution in [1.82, 2.24) is 20.0 Å².